The summed E-state index contributed by atoms with van der Waals surface area (Å²) in [5, 5.41) is 10.0. The van der Waals surface area contributed by atoms with Gasteiger partial charge in [0.2, 0.25) is 0 Å². The highest BCUT2D eigenvalue weighted by Crippen LogP contribution is 1.90. The summed E-state index contributed by atoms with van der Waals surface area (Å²) in [5.74, 6) is 4.85. The summed E-state index contributed by atoms with van der Waals surface area (Å²) >= 11 is 0. The Bertz CT molecular complexity index is 81.0. The van der Waals surface area contributed by atoms with Crippen molar-refractivity contribution in [3.63, 3.8) is 0 Å². The number of hydrogen-bond acceptors (Lipinski definition) is 3. The van der Waals surface area contributed by atoms with Crippen LogP contribution in [-0.4, -0.2) is 12.7 Å². The van der Waals surface area contributed by atoms with E-state index in [1.165, 1.54) is 0 Å². The Morgan fingerprint density at radius 3 is 2.56 bits per heavy atom. The SMILES string of the molecule is CCNC(CC)N=NN. The van der Waals surface area contributed by atoms with Crippen molar-refractivity contribution in [3.8, 4) is 0 Å². The molecule has 0 aliphatic rings. The molecule has 0 aromatic heterocycles. The van der Waals surface area contributed by atoms with Gasteiger partial charge in [0.1, 0.15) is 6.17 Å². The predicted molar refractivity (Wildman–Crippen MR) is 36.8 cm³/mol. The van der Waals surface area contributed by atoms with Crippen molar-refractivity contribution in [2.24, 2.45) is 16.2 Å². The molecular formula is C5H14N4. The highest BCUT2D eigenvalue weighted by molar-refractivity contribution is 4.55. The van der Waals surface area contributed by atoms with E-state index in [-0.39, 0.29) is 6.17 Å². The van der Waals surface area contributed by atoms with E-state index >= 15 is 0 Å². The second-order valence-electron chi connectivity index (χ2n) is 1.71. The monoisotopic (exact) mass is 130 g/mol. The largest absolute Gasteiger partial charge is 0.305 e. The molecule has 0 aliphatic heterocycles. The van der Waals surface area contributed by atoms with Gasteiger partial charge in [-0.05, 0) is 13.0 Å². The molecular weight excluding hydrogens is 116 g/mol. The van der Waals surface area contributed by atoms with Crippen molar-refractivity contribution in [3.05, 3.63) is 0 Å². The number of nitrogens with zero attached hydrogens (tertiary/aromatic N) is 2. The van der Waals surface area contributed by atoms with E-state index in [4.69, 9.17) is 5.84 Å². The molecule has 9 heavy (non-hydrogen) atoms. The minimum absolute atomic E-state index is 0.0972. The van der Waals surface area contributed by atoms with Crippen LogP contribution in [-0.2, 0) is 0 Å². The van der Waals surface area contributed by atoms with E-state index in [0.29, 0.717) is 0 Å². The van der Waals surface area contributed by atoms with E-state index in [1.807, 2.05) is 13.8 Å². The Morgan fingerprint density at radius 2 is 2.22 bits per heavy atom. The smallest absolute Gasteiger partial charge is 0.122 e. The van der Waals surface area contributed by atoms with E-state index in [0.717, 1.165) is 13.0 Å². The molecule has 0 saturated heterocycles. The molecule has 3 N–H and O–H groups in total. The minimum atomic E-state index is 0.0972. The maximum Gasteiger partial charge on any atom is 0.122 e. The fourth-order valence-corrected chi connectivity index (χ4v) is 0.583. The third-order valence-corrected chi connectivity index (χ3v) is 1.03. The van der Waals surface area contributed by atoms with Gasteiger partial charge in [-0.1, -0.05) is 19.1 Å². The zero-order valence-electron chi connectivity index (χ0n) is 5.96. The van der Waals surface area contributed by atoms with Crippen LogP contribution >= 0.6 is 0 Å². The van der Waals surface area contributed by atoms with Crippen LogP contribution in [0.5, 0.6) is 0 Å². The van der Waals surface area contributed by atoms with Gasteiger partial charge in [-0.2, -0.15) is 5.11 Å². The van der Waals surface area contributed by atoms with Crippen LogP contribution in [0.3, 0.4) is 0 Å². The lowest BCUT2D eigenvalue weighted by molar-refractivity contribution is 0.507. The first-order valence-electron chi connectivity index (χ1n) is 3.18. The molecule has 0 fully saturated rings. The van der Waals surface area contributed by atoms with Crippen LogP contribution in [0.4, 0.5) is 0 Å². The lowest BCUT2D eigenvalue weighted by Crippen LogP contribution is -2.25. The first-order valence-corrected chi connectivity index (χ1v) is 3.18. The van der Waals surface area contributed by atoms with Gasteiger partial charge in [0.25, 0.3) is 0 Å². The maximum atomic E-state index is 4.85. The summed E-state index contributed by atoms with van der Waals surface area (Å²) in [7, 11) is 0. The summed E-state index contributed by atoms with van der Waals surface area (Å²) < 4.78 is 0. The number of rotatable bonds is 4. The normalized spacial score (nSPS) is 14.4. The zero-order valence-corrected chi connectivity index (χ0v) is 5.96. The lowest BCUT2D eigenvalue weighted by atomic mass is 10.4. The first-order chi connectivity index (χ1) is 4.35. The summed E-state index contributed by atoms with van der Waals surface area (Å²) in [6.45, 7) is 4.95. The molecule has 0 heterocycles. The lowest BCUT2D eigenvalue weighted by Gasteiger charge is -2.06. The van der Waals surface area contributed by atoms with E-state index in [9.17, 15) is 0 Å². The van der Waals surface area contributed by atoms with Crippen molar-refractivity contribution in [2.75, 3.05) is 6.54 Å². The Morgan fingerprint density at radius 1 is 1.56 bits per heavy atom. The first kappa shape index (κ1) is 8.36. The highest BCUT2D eigenvalue weighted by Gasteiger charge is 1.97. The van der Waals surface area contributed by atoms with Crippen LogP contribution in [0.15, 0.2) is 10.3 Å². The van der Waals surface area contributed by atoms with Crippen molar-refractivity contribution >= 4 is 0 Å². The maximum absolute atomic E-state index is 4.85. The highest BCUT2D eigenvalue weighted by atomic mass is 15.3. The van der Waals surface area contributed by atoms with Gasteiger partial charge >= 0.3 is 0 Å². The molecule has 0 radical (unpaired) electrons. The molecule has 0 aromatic rings. The second kappa shape index (κ2) is 5.50. The summed E-state index contributed by atoms with van der Waals surface area (Å²) in [6, 6.07) is 0. The van der Waals surface area contributed by atoms with Crippen LogP contribution in [0.1, 0.15) is 20.3 Å². The second-order valence-corrected chi connectivity index (χ2v) is 1.71. The average molecular weight is 130 g/mol. The van der Waals surface area contributed by atoms with Crippen molar-refractivity contribution in [2.45, 2.75) is 26.4 Å². The van der Waals surface area contributed by atoms with Crippen LogP contribution < -0.4 is 11.2 Å². The quantitative estimate of drug-likeness (QED) is 0.333. The fraction of sp³-hybridized carbons (Fsp3) is 1.00. The van der Waals surface area contributed by atoms with E-state index in [2.05, 4.69) is 15.7 Å². The molecule has 4 nitrogen and oxygen atoms in total. The molecule has 0 amide bonds. The Labute approximate surface area is 55.5 Å². The zero-order chi connectivity index (χ0) is 7.11. The molecule has 1 unspecified atom stereocenters. The fourth-order valence-electron chi connectivity index (χ4n) is 0.583. The van der Waals surface area contributed by atoms with Gasteiger partial charge in [-0.15, -0.1) is 0 Å². The predicted octanol–water partition coefficient (Wildman–Crippen LogP) is 0.658. The van der Waals surface area contributed by atoms with Crippen molar-refractivity contribution in [1.82, 2.24) is 5.32 Å². The summed E-state index contributed by atoms with van der Waals surface area (Å²) in [4.78, 5) is 0. The third kappa shape index (κ3) is 3.90. The van der Waals surface area contributed by atoms with Gasteiger partial charge in [0.15, 0.2) is 0 Å². The van der Waals surface area contributed by atoms with Gasteiger partial charge in [-0.3, -0.25) is 5.32 Å². The average Bonchev–Trinajstić information content (AvgIpc) is 1.88. The molecule has 0 bridgehead atoms. The van der Waals surface area contributed by atoms with Gasteiger partial charge in [0, 0.05) is 0 Å². The molecule has 0 aliphatic carbocycles. The number of nitrogens with one attached hydrogen (secondary N) is 1. The molecule has 0 aromatic carbocycles. The Balaban J connectivity index is 3.41. The Hall–Kier alpha value is -0.640. The molecule has 0 rings (SSSR count). The van der Waals surface area contributed by atoms with Crippen LogP contribution in [0.2, 0.25) is 0 Å². The van der Waals surface area contributed by atoms with E-state index in [1.54, 1.807) is 0 Å². The molecule has 1 atom stereocenters. The van der Waals surface area contributed by atoms with Gasteiger partial charge in [0.05, 0.1) is 0 Å². The molecule has 4 heteroatoms. The van der Waals surface area contributed by atoms with Gasteiger partial charge in [-0.25, -0.2) is 0 Å². The van der Waals surface area contributed by atoms with E-state index < -0.39 is 0 Å². The van der Waals surface area contributed by atoms with Crippen molar-refractivity contribution in [1.29, 1.82) is 0 Å². The molecule has 54 valence electrons. The standard InChI is InChI=1S/C5H14N4/c1-3-5(7-4-2)8-9-6/h5,7H,3-4H2,1-2H3,(H2,6,8). The topological polar surface area (TPSA) is 62.8 Å². The Kier molecular flexibility index (Phi) is 5.11. The molecule has 0 spiro atoms. The number of hydrogen-bond donors (Lipinski definition) is 2. The van der Waals surface area contributed by atoms with Crippen LogP contribution in [0.25, 0.3) is 0 Å². The summed E-state index contributed by atoms with van der Waals surface area (Å²) in [5.41, 5.74) is 0. The minimum Gasteiger partial charge on any atom is -0.305 e. The van der Waals surface area contributed by atoms with Crippen LogP contribution in [0, 0.1) is 0 Å². The van der Waals surface area contributed by atoms with Gasteiger partial charge < -0.3 is 5.84 Å². The molecule has 0 saturated carbocycles. The summed E-state index contributed by atoms with van der Waals surface area (Å²) in [6.07, 6.45) is 1.02. The number of nitrogens with two attached hydrogens (primary N) is 1. The third-order valence-electron chi connectivity index (χ3n) is 1.03. The van der Waals surface area contributed by atoms with Crippen molar-refractivity contribution < 1.29 is 0 Å².